The molecule has 0 bridgehead atoms. The van der Waals surface area contributed by atoms with Crippen LogP contribution in [0.15, 0.2) is 6.20 Å². The maximum atomic E-state index is 6.42. The van der Waals surface area contributed by atoms with Crippen LogP contribution in [0, 0.1) is 13.8 Å². The fourth-order valence-electron chi connectivity index (χ4n) is 3.61. The van der Waals surface area contributed by atoms with Crippen LogP contribution in [-0.4, -0.2) is 40.3 Å². The normalized spacial score (nSPS) is 15.5. The number of anilines is 2. The molecule has 0 aromatic carbocycles. The van der Waals surface area contributed by atoms with Crippen molar-refractivity contribution in [3.8, 4) is 5.75 Å². The number of nitrogens with zero attached hydrogens (tertiary/aromatic N) is 4. The van der Waals surface area contributed by atoms with Crippen LogP contribution in [0.1, 0.15) is 41.6 Å². The summed E-state index contributed by atoms with van der Waals surface area (Å²) in [6, 6.07) is 0. The number of rotatable bonds is 6. The molecular formula is C19H24ClN5O2S. The van der Waals surface area contributed by atoms with Crippen LogP contribution >= 0.6 is 23.8 Å². The van der Waals surface area contributed by atoms with E-state index in [1.54, 1.807) is 14.0 Å². The second kappa shape index (κ2) is 8.45. The van der Waals surface area contributed by atoms with Gasteiger partial charge in [-0.2, -0.15) is 4.98 Å². The highest BCUT2D eigenvalue weighted by atomic mass is 35.5. The van der Waals surface area contributed by atoms with Gasteiger partial charge in [0.15, 0.2) is 5.05 Å². The van der Waals surface area contributed by atoms with Crippen LogP contribution in [0.4, 0.5) is 11.8 Å². The number of fused-ring (bicyclic) bond motifs is 1. The zero-order chi connectivity index (χ0) is 20.4. The highest BCUT2D eigenvalue weighted by molar-refractivity contribution is 7.80. The van der Waals surface area contributed by atoms with Crippen molar-refractivity contribution >= 4 is 40.6 Å². The molecule has 1 atom stereocenters. The largest absolute Gasteiger partial charge is 0.496 e. The highest BCUT2D eigenvalue weighted by Crippen LogP contribution is 2.41. The molecule has 1 aliphatic rings. The lowest BCUT2D eigenvalue weighted by molar-refractivity contribution is 0.292. The van der Waals surface area contributed by atoms with Crippen molar-refractivity contribution in [2.45, 2.75) is 39.7 Å². The topological polar surface area (TPSA) is 86.4 Å². The highest BCUT2D eigenvalue weighted by Gasteiger charge is 2.34. The van der Waals surface area contributed by atoms with Gasteiger partial charge in [0, 0.05) is 42.3 Å². The van der Waals surface area contributed by atoms with Crippen molar-refractivity contribution < 1.29 is 9.47 Å². The summed E-state index contributed by atoms with van der Waals surface area (Å²) >= 11 is 11.4. The Balaban J connectivity index is 1.90. The molecule has 2 aromatic heterocycles. The number of hydrogen-bond donors (Lipinski definition) is 1. The van der Waals surface area contributed by atoms with Gasteiger partial charge in [-0.05, 0) is 32.5 Å². The predicted octanol–water partition coefficient (Wildman–Crippen LogP) is 3.59. The molecule has 0 saturated heterocycles. The van der Waals surface area contributed by atoms with Gasteiger partial charge in [-0.1, -0.05) is 11.6 Å². The average Bonchev–Trinajstić information content (AvgIpc) is 2.95. The van der Waals surface area contributed by atoms with Gasteiger partial charge in [-0.15, -0.1) is 0 Å². The molecule has 3 rings (SSSR count). The lowest BCUT2D eigenvalue weighted by atomic mass is 10.0. The Labute approximate surface area is 175 Å². The Morgan fingerprint density at radius 1 is 1.39 bits per heavy atom. The molecule has 150 valence electrons. The fourth-order valence-corrected chi connectivity index (χ4v) is 4.02. The minimum absolute atomic E-state index is 0.130. The van der Waals surface area contributed by atoms with Crippen LogP contribution in [-0.2, 0) is 11.3 Å². The molecule has 0 amide bonds. The summed E-state index contributed by atoms with van der Waals surface area (Å²) in [6.07, 6.45) is 2.58. The summed E-state index contributed by atoms with van der Waals surface area (Å²) in [5, 5.41) is 0.918. The monoisotopic (exact) mass is 421 g/mol. The summed E-state index contributed by atoms with van der Waals surface area (Å²) in [4.78, 5) is 15.3. The Morgan fingerprint density at radius 2 is 2.14 bits per heavy atom. The van der Waals surface area contributed by atoms with E-state index >= 15 is 0 Å². The quantitative estimate of drug-likeness (QED) is 0.559. The molecule has 0 saturated carbocycles. The molecule has 1 aliphatic heterocycles. The fraction of sp³-hybridized carbons (Fsp3) is 0.474. The molecule has 3 heterocycles. The van der Waals surface area contributed by atoms with Gasteiger partial charge < -0.3 is 20.1 Å². The number of halogens is 1. The van der Waals surface area contributed by atoms with Gasteiger partial charge in [0.05, 0.1) is 26.0 Å². The molecule has 2 N–H and O–H groups in total. The number of nitrogens with two attached hydrogens (primary N) is 1. The molecular weight excluding hydrogens is 398 g/mol. The second-order valence-corrected chi connectivity index (χ2v) is 7.80. The number of aromatic nitrogens is 3. The van der Waals surface area contributed by atoms with Crippen molar-refractivity contribution in [1.29, 1.82) is 0 Å². The van der Waals surface area contributed by atoms with E-state index < -0.39 is 0 Å². The second-order valence-electron chi connectivity index (χ2n) is 6.86. The van der Waals surface area contributed by atoms with Crippen LogP contribution < -0.4 is 15.4 Å². The van der Waals surface area contributed by atoms with E-state index in [2.05, 4.69) is 19.9 Å². The molecule has 2 aromatic rings. The number of methoxy groups -OCH3 is 1. The summed E-state index contributed by atoms with van der Waals surface area (Å²) < 4.78 is 11.0. The van der Waals surface area contributed by atoms with Gasteiger partial charge in [-0.3, -0.25) is 4.98 Å². The number of ether oxygens (including phenoxy) is 2. The third-order valence-corrected chi connectivity index (χ3v) is 5.31. The average molecular weight is 422 g/mol. The zero-order valence-corrected chi connectivity index (χ0v) is 18.0. The summed E-state index contributed by atoms with van der Waals surface area (Å²) in [5.41, 5.74) is 9.70. The molecule has 0 fully saturated rings. The first-order valence-corrected chi connectivity index (χ1v) is 9.80. The first-order chi connectivity index (χ1) is 13.3. The van der Waals surface area contributed by atoms with Crippen molar-refractivity contribution in [2.24, 2.45) is 0 Å². The zero-order valence-electron chi connectivity index (χ0n) is 16.5. The maximum Gasteiger partial charge on any atom is 0.223 e. The number of aryl methyl sites for hydroxylation is 1. The van der Waals surface area contributed by atoms with Crippen molar-refractivity contribution in [3.63, 3.8) is 0 Å². The Morgan fingerprint density at radius 3 is 2.82 bits per heavy atom. The van der Waals surface area contributed by atoms with Gasteiger partial charge in [0.1, 0.15) is 16.7 Å². The van der Waals surface area contributed by atoms with E-state index in [9.17, 15) is 0 Å². The summed E-state index contributed by atoms with van der Waals surface area (Å²) in [6.45, 7) is 7.58. The standard InChI is InChI=1S/C19H24ClN5O2S/c1-10-7-22-14(11(2)16(10)26-4)9-25-8-13(5-6-27-12(3)28)15-17(20)23-19(21)24-18(15)25/h7,13H,5-6,8-9H2,1-4H3,(H2,21,23,24). The van der Waals surface area contributed by atoms with Gasteiger partial charge in [0.2, 0.25) is 5.95 Å². The Kier molecular flexibility index (Phi) is 6.20. The van der Waals surface area contributed by atoms with Crippen molar-refractivity contribution in [1.82, 2.24) is 15.0 Å². The van der Waals surface area contributed by atoms with Gasteiger partial charge in [0.25, 0.3) is 0 Å². The number of hydrogen-bond acceptors (Lipinski definition) is 8. The molecule has 28 heavy (non-hydrogen) atoms. The minimum atomic E-state index is 0.130. The number of nitrogen functional groups attached to an aromatic ring is 1. The molecule has 7 nitrogen and oxygen atoms in total. The SMILES string of the molecule is COc1c(C)cnc(CN2CC(CCOC(C)=S)c3c(Cl)nc(N)nc32)c1C. The molecule has 9 heteroatoms. The molecule has 1 unspecified atom stereocenters. The molecule has 0 spiro atoms. The lowest BCUT2D eigenvalue weighted by Crippen LogP contribution is -2.24. The molecule has 0 aliphatic carbocycles. The van der Waals surface area contributed by atoms with E-state index in [0.717, 1.165) is 46.9 Å². The van der Waals surface area contributed by atoms with Crippen LogP contribution in [0.25, 0.3) is 0 Å². The first kappa shape index (κ1) is 20.5. The Hall–Kier alpha value is -2.19. The van der Waals surface area contributed by atoms with Gasteiger partial charge in [-0.25, -0.2) is 4.98 Å². The minimum Gasteiger partial charge on any atom is -0.496 e. The van der Waals surface area contributed by atoms with E-state index in [4.69, 9.17) is 39.0 Å². The van der Waals surface area contributed by atoms with Gasteiger partial charge >= 0.3 is 0 Å². The molecule has 0 radical (unpaired) electrons. The summed E-state index contributed by atoms with van der Waals surface area (Å²) in [5.74, 6) is 1.89. The van der Waals surface area contributed by atoms with E-state index in [1.165, 1.54) is 0 Å². The third-order valence-electron chi connectivity index (χ3n) is 4.91. The predicted molar refractivity (Wildman–Crippen MR) is 114 cm³/mol. The van der Waals surface area contributed by atoms with E-state index in [0.29, 0.717) is 23.4 Å². The Bertz CT molecular complexity index is 908. The number of pyridine rings is 1. The summed E-state index contributed by atoms with van der Waals surface area (Å²) in [7, 11) is 1.67. The lowest BCUT2D eigenvalue weighted by Gasteiger charge is -2.21. The van der Waals surface area contributed by atoms with E-state index in [1.807, 2.05) is 20.0 Å². The number of thiocarbonyl (C=S) groups is 1. The van der Waals surface area contributed by atoms with Crippen LogP contribution in [0.5, 0.6) is 5.75 Å². The first-order valence-electron chi connectivity index (χ1n) is 9.02. The van der Waals surface area contributed by atoms with Crippen molar-refractivity contribution in [3.05, 3.63) is 33.7 Å². The van der Waals surface area contributed by atoms with Crippen molar-refractivity contribution in [2.75, 3.05) is 30.9 Å². The van der Waals surface area contributed by atoms with Crippen LogP contribution in [0.3, 0.4) is 0 Å². The maximum absolute atomic E-state index is 6.42. The third kappa shape index (κ3) is 4.12. The smallest absolute Gasteiger partial charge is 0.223 e. The van der Waals surface area contributed by atoms with E-state index in [-0.39, 0.29) is 11.9 Å². The van der Waals surface area contributed by atoms with Crippen LogP contribution in [0.2, 0.25) is 5.15 Å².